The third-order valence-corrected chi connectivity index (χ3v) is 3.87. The average Bonchev–Trinajstić information content (AvgIpc) is 2.46. The number of nitrogens with zero attached hydrogens (tertiary/aromatic N) is 1. The molecular weight excluding hydrogens is 275 g/mol. The highest BCUT2D eigenvalue weighted by Gasteiger charge is 2.15. The minimum atomic E-state index is -0.258. The Hall–Kier alpha value is -2.42. The van der Waals surface area contributed by atoms with Gasteiger partial charge in [0.05, 0.1) is 5.52 Å². The number of nitrogens with two attached hydrogens (primary N) is 1. The van der Waals surface area contributed by atoms with Crippen LogP contribution in [-0.4, -0.2) is 4.98 Å². The summed E-state index contributed by atoms with van der Waals surface area (Å²) >= 11 is 0. The first-order valence-electron chi connectivity index (χ1n) is 7.31. The van der Waals surface area contributed by atoms with Crippen LogP contribution in [0.2, 0.25) is 0 Å². The lowest BCUT2D eigenvalue weighted by Crippen LogP contribution is -2.10. The van der Waals surface area contributed by atoms with Crippen molar-refractivity contribution in [3.05, 3.63) is 59.9 Å². The predicted molar refractivity (Wildman–Crippen MR) is 90.2 cm³/mol. The van der Waals surface area contributed by atoms with Gasteiger partial charge >= 0.3 is 0 Å². The van der Waals surface area contributed by atoms with E-state index in [0.717, 1.165) is 22.0 Å². The number of rotatable bonds is 1. The van der Waals surface area contributed by atoms with Crippen molar-refractivity contribution < 1.29 is 4.39 Å². The zero-order valence-electron chi connectivity index (χ0n) is 13.0. The van der Waals surface area contributed by atoms with Crippen LogP contribution in [0.15, 0.2) is 48.5 Å². The number of halogens is 1. The van der Waals surface area contributed by atoms with Gasteiger partial charge in [-0.3, -0.25) is 0 Å². The lowest BCUT2D eigenvalue weighted by atomic mass is 9.86. The molecule has 1 aromatic heterocycles. The molecule has 2 N–H and O–H groups in total. The topological polar surface area (TPSA) is 38.9 Å². The number of aromatic nitrogens is 1. The molecule has 0 fully saturated rings. The Bertz CT molecular complexity index is 830. The zero-order valence-corrected chi connectivity index (χ0v) is 13.0. The van der Waals surface area contributed by atoms with Crippen molar-refractivity contribution in [2.24, 2.45) is 0 Å². The van der Waals surface area contributed by atoms with Crippen molar-refractivity contribution in [2.75, 3.05) is 5.73 Å². The normalized spacial score (nSPS) is 11.8. The van der Waals surface area contributed by atoms with E-state index in [0.29, 0.717) is 5.82 Å². The van der Waals surface area contributed by atoms with Gasteiger partial charge in [-0.05, 0) is 46.9 Å². The molecule has 0 spiro atoms. The van der Waals surface area contributed by atoms with E-state index in [2.05, 4.69) is 37.9 Å². The molecule has 0 aliphatic rings. The van der Waals surface area contributed by atoms with Gasteiger partial charge in [0.15, 0.2) is 0 Å². The van der Waals surface area contributed by atoms with Crippen LogP contribution in [-0.2, 0) is 5.41 Å². The molecule has 22 heavy (non-hydrogen) atoms. The maximum absolute atomic E-state index is 13.1. The first-order valence-corrected chi connectivity index (χ1v) is 7.31. The monoisotopic (exact) mass is 294 g/mol. The minimum absolute atomic E-state index is 0.0750. The van der Waals surface area contributed by atoms with E-state index in [9.17, 15) is 4.39 Å². The van der Waals surface area contributed by atoms with Crippen LogP contribution in [0.1, 0.15) is 26.3 Å². The van der Waals surface area contributed by atoms with Gasteiger partial charge in [-0.2, -0.15) is 0 Å². The summed E-state index contributed by atoms with van der Waals surface area (Å²) in [5.74, 6) is 0.203. The second-order valence-corrected chi connectivity index (χ2v) is 6.59. The summed E-state index contributed by atoms with van der Waals surface area (Å²) in [6.07, 6.45) is 0. The fourth-order valence-corrected chi connectivity index (χ4v) is 2.52. The maximum atomic E-state index is 13.1. The number of pyridine rings is 1. The van der Waals surface area contributed by atoms with Gasteiger partial charge in [-0.25, -0.2) is 9.37 Å². The number of nitrogen functional groups attached to an aromatic ring is 1. The van der Waals surface area contributed by atoms with Crippen molar-refractivity contribution in [1.29, 1.82) is 0 Å². The van der Waals surface area contributed by atoms with Crippen molar-refractivity contribution >= 4 is 16.7 Å². The van der Waals surface area contributed by atoms with Gasteiger partial charge in [0.25, 0.3) is 0 Å². The third-order valence-electron chi connectivity index (χ3n) is 3.87. The van der Waals surface area contributed by atoms with Gasteiger partial charge in [-0.15, -0.1) is 0 Å². The largest absolute Gasteiger partial charge is 0.383 e. The highest BCUT2D eigenvalue weighted by Crippen LogP contribution is 2.31. The molecule has 0 aliphatic heterocycles. The zero-order chi connectivity index (χ0) is 15.9. The highest BCUT2D eigenvalue weighted by molar-refractivity contribution is 5.89. The van der Waals surface area contributed by atoms with Crippen LogP contribution in [0.3, 0.4) is 0 Å². The van der Waals surface area contributed by atoms with Gasteiger partial charge in [0, 0.05) is 10.9 Å². The number of hydrogen-bond acceptors (Lipinski definition) is 2. The summed E-state index contributed by atoms with van der Waals surface area (Å²) < 4.78 is 13.1. The lowest BCUT2D eigenvalue weighted by molar-refractivity contribution is 0.591. The summed E-state index contributed by atoms with van der Waals surface area (Å²) in [6.45, 7) is 6.54. The van der Waals surface area contributed by atoms with Gasteiger partial charge in [0.1, 0.15) is 11.6 Å². The Morgan fingerprint density at radius 1 is 0.955 bits per heavy atom. The summed E-state index contributed by atoms with van der Waals surface area (Å²) in [5.41, 5.74) is 9.97. The molecule has 0 atom stereocenters. The summed E-state index contributed by atoms with van der Waals surface area (Å²) in [5, 5.41) is 1.04. The molecule has 0 unspecified atom stereocenters. The molecule has 2 aromatic carbocycles. The molecule has 0 aliphatic carbocycles. The second-order valence-electron chi connectivity index (χ2n) is 6.59. The Labute approximate surface area is 129 Å². The SMILES string of the molecule is CC(C)(C)c1ccc2nc(N)c(-c3ccc(F)cc3)cc2c1. The molecular formula is C19H19FN2. The first kappa shape index (κ1) is 14.5. The Morgan fingerprint density at radius 2 is 1.64 bits per heavy atom. The third kappa shape index (κ3) is 2.67. The van der Waals surface area contributed by atoms with Crippen LogP contribution < -0.4 is 5.73 Å². The number of benzene rings is 2. The first-order chi connectivity index (χ1) is 10.3. The van der Waals surface area contributed by atoms with E-state index < -0.39 is 0 Å². The van der Waals surface area contributed by atoms with Crippen molar-refractivity contribution in [1.82, 2.24) is 4.98 Å². The Kier molecular flexibility index (Phi) is 3.36. The molecule has 2 nitrogen and oxygen atoms in total. The summed E-state index contributed by atoms with van der Waals surface area (Å²) in [6, 6.07) is 14.6. The number of fused-ring (bicyclic) bond motifs is 1. The standard InChI is InChI=1S/C19H19FN2/c1-19(2,3)14-6-9-17-13(10-14)11-16(18(21)22-17)12-4-7-15(20)8-5-12/h4-11H,1-3H3,(H2,21,22). The molecule has 3 rings (SSSR count). The molecule has 1 heterocycles. The van der Waals surface area contributed by atoms with E-state index in [1.807, 2.05) is 12.1 Å². The quantitative estimate of drug-likeness (QED) is 0.691. The fourth-order valence-electron chi connectivity index (χ4n) is 2.52. The molecule has 0 bridgehead atoms. The lowest BCUT2D eigenvalue weighted by Gasteiger charge is -2.19. The van der Waals surface area contributed by atoms with Crippen molar-refractivity contribution in [3.8, 4) is 11.1 Å². The van der Waals surface area contributed by atoms with Gasteiger partial charge < -0.3 is 5.73 Å². The molecule has 0 saturated carbocycles. The van der Waals surface area contributed by atoms with Gasteiger partial charge in [-0.1, -0.05) is 39.0 Å². The van der Waals surface area contributed by atoms with Crippen molar-refractivity contribution in [3.63, 3.8) is 0 Å². The van der Waals surface area contributed by atoms with E-state index in [-0.39, 0.29) is 11.2 Å². The van der Waals surface area contributed by atoms with Gasteiger partial charge in [0.2, 0.25) is 0 Å². The Balaban J connectivity index is 2.19. The molecule has 0 saturated heterocycles. The molecule has 0 amide bonds. The van der Waals surface area contributed by atoms with E-state index >= 15 is 0 Å². The summed E-state index contributed by atoms with van der Waals surface area (Å²) in [7, 11) is 0. The number of anilines is 1. The molecule has 112 valence electrons. The smallest absolute Gasteiger partial charge is 0.131 e. The minimum Gasteiger partial charge on any atom is -0.383 e. The predicted octanol–water partition coefficient (Wildman–Crippen LogP) is 4.92. The van der Waals surface area contributed by atoms with Crippen LogP contribution in [0, 0.1) is 5.82 Å². The van der Waals surface area contributed by atoms with Crippen LogP contribution >= 0.6 is 0 Å². The molecule has 3 heteroatoms. The van der Waals surface area contributed by atoms with Crippen molar-refractivity contribution in [2.45, 2.75) is 26.2 Å². The fraction of sp³-hybridized carbons (Fsp3) is 0.211. The van der Waals surface area contributed by atoms with Crippen LogP contribution in [0.25, 0.3) is 22.0 Å². The molecule has 3 aromatic rings. The van der Waals surface area contributed by atoms with E-state index in [1.54, 1.807) is 12.1 Å². The summed E-state index contributed by atoms with van der Waals surface area (Å²) in [4.78, 5) is 4.48. The van der Waals surface area contributed by atoms with E-state index in [1.165, 1.54) is 17.7 Å². The molecule has 0 radical (unpaired) electrons. The second kappa shape index (κ2) is 5.09. The van der Waals surface area contributed by atoms with E-state index in [4.69, 9.17) is 5.73 Å². The maximum Gasteiger partial charge on any atom is 0.131 e. The van der Waals surface area contributed by atoms with Crippen LogP contribution in [0.4, 0.5) is 10.2 Å². The van der Waals surface area contributed by atoms with Crippen LogP contribution in [0.5, 0.6) is 0 Å². The number of hydrogen-bond donors (Lipinski definition) is 1. The average molecular weight is 294 g/mol. The highest BCUT2D eigenvalue weighted by atomic mass is 19.1. The Morgan fingerprint density at radius 3 is 2.27 bits per heavy atom.